The molecule has 3 aromatic rings. The highest BCUT2D eigenvalue weighted by atomic mass is 35.5. The Hall–Kier alpha value is -2.33. The molecule has 1 aliphatic heterocycles. The third-order valence-corrected chi connectivity index (χ3v) is 6.54. The standard InChI is InChI=1S/C26H28ClNO2/c1-18(28-14-12-20(13-15-28)16-19-6-4-3-5-7-19)26(29)22-8-10-23-21(17-22)9-11-24(30-2)25(23)27/h3-12,17-18,26,29H,13-16H2,1-2H3/t18-,26-/m0/s1. The highest BCUT2D eigenvalue weighted by Gasteiger charge is 2.25. The minimum Gasteiger partial charge on any atom is -0.495 e. The molecule has 1 aliphatic rings. The van der Waals surface area contributed by atoms with Gasteiger partial charge < -0.3 is 9.84 Å². The van der Waals surface area contributed by atoms with Crippen molar-refractivity contribution < 1.29 is 9.84 Å². The molecule has 0 unspecified atom stereocenters. The molecule has 1 N–H and O–H groups in total. The summed E-state index contributed by atoms with van der Waals surface area (Å²) < 4.78 is 5.30. The summed E-state index contributed by atoms with van der Waals surface area (Å²) in [5.41, 5.74) is 3.75. The van der Waals surface area contributed by atoms with Crippen LogP contribution in [0.2, 0.25) is 5.02 Å². The van der Waals surface area contributed by atoms with E-state index in [9.17, 15) is 5.11 Å². The van der Waals surface area contributed by atoms with E-state index >= 15 is 0 Å². The first kappa shape index (κ1) is 20.9. The van der Waals surface area contributed by atoms with Crippen molar-refractivity contribution in [3.05, 3.63) is 88.5 Å². The Labute approximate surface area is 183 Å². The van der Waals surface area contributed by atoms with E-state index in [1.165, 1.54) is 11.1 Å². The smallest absolute Gasteiger partial charge is 0.138 e. The van der Waals surface area contributed by atoms with Crippen LogP contribution in [0.4, 0.5) is 0 Å². The van der Waals surface area contributed by atoms with Crippen molar-refractivity contribution in [2.75, 3.05) is 20.2 Å². The fourth-order valence-electron chi connectivity index (χ4n) is 4.23. The average molecular weight is 422 g/mol. The topological polar surface area (TPSA) is 32.7 Å². The van der Waals surface area contributed by atoms with Gasteiger partial charge in [-0.2, -0.15) is 0 Å². The molecule has 4 rings (SSSR count). The predicted octanol–water partition coefficient (Wildman–Crippen LogP) is 5.80. The summed E-state index contributed by atoms with van der Waals surface area (Å²) >= 11 is 6.43. The monoisotopic (exact) mass is 421 g/mol. The van der Waals surface area contributed by atoms with Gasteiger partial charge in [0.25, 0.3) is 0 Å². The van der Waals surface area contributed by atoms with Gasteiger partial charge in [0.1, 0.15) is 5.75 Å². The van der Waals surface area contributed by atoms with Crippen molar-refractivity contribution in [3.8, 4) is 5.75 Å². The largest absolute Gasteiger partial charge is 0.495 e. The fraction of sp³-hybridized carbons (Fsp3) is 0.308. The maximum atomic E-state index is 11.1. The summed E-state index contributed by atoms with van der Waals surface area (Å²) in [6, 6.07) is 20.5. The molecule has 4 heteroatoms. The number of fused-ring (bicyclic) bond motifs is 1. The van der Waals surface area contributed by atoms with Crippen molar-refractivity contribution in [1.82, 2.24) is 4.90 Å². The molecule has 1 heterocycles. The zero-order valence-electron chi connectivity index (χ0n) is 17.5. The number of benzene rings is 3. The highest BCUT2D eigenvalue weighted by Crippen LogP contribution is 2.34. The summed E-state index contributed by atoms with van der Waals surface area (Å²) in [7, 11) is 1.62. The Balaban J connectivity index is 1.45. The molecule has 0 radical (unpaired) electrons. The van der Waals surface area contributed by atoms with E-state index in [1.54, 1.807) is 7.11 Å². The molecule has 0 saturated heterocycles. The lowest BCUT2D eigenvalue weighted by Crippen LogP contribution is -2.40. The summed E-state index contributed by atoms with van der Waals surface area (Å²) in [5, 5.41) is 13.6. The Kier molecular flexibility index (Phi) is 6.43. The van der Waals surface area contributed by atoms with Crippen LogP contribution < -0.4 is 4.74 Å². The van der Waals surface area contributed by atoms with Gasteiger partial charge in [-0.05, 0) is 48.4 Å². The second-order valence-corrected chi connectivity index (χ2v) is 8.40. The maximum Gasteiger partial charge on any atom is 0.138 e. The molecule has 3 nitrogen and oxygen atoms in total. The van der Waals surface area contributed by atoms with Crippen molar-refractivity contribution in [2.24, 2.45) is 0 Å². The summed E-state index contributed by atoms with van der Waals surface area (Å²) in [5.74, 6) is 0.664. The second kappa shape index (κ2) is 9.22. The Morgan fingerprint density at radius 2 is 1.90 bits per heavy atom. The number of halogens is 1. The maximum absolute atomic E-state index is 11.1. The number of methoxy groups -OCH3 is 1. The van der Waals surface area contributed by atoms with Crippen LogP contribution in [0.25, 0.3) is 10.8 Å². The molecule has 3 aromatic carbocycles. The molecule has 0 aromatic heterocycles. The van der Waals surface area contributed by atoms with Gasteiger partial charge in [-0.25, -0.2) is 0 Å². The number of rotatable bonds is 6. The molecule has 0 aliphatic carbocycles. The molecule has 0 fully saturated rings. The number of ether oxygens (including phenoxy) is 1. The van der Waals surface area contributed by atoms with Crippen LogP contribution in [-0.4, -0.2) is 36.2 Å². The lowest BCUT2D eigenvalue weighted by molar-refractivity contribution is 0.0624. The van der Waals surface area contributed by atoms with Crippen LogP contribution in [0.5, 0.6) is 5.75 Å². The quantitative estimate of drug-likeness (QED) is 0.510. The zero-order chi connectivity index (χ0) is 21.1. The molecule has 0 bridgehead atoms. The zero-order valence-corrected chi connectivity index (χ0v) is 18.3. The van der Waals surface area contributed by atoms with Gasteiger partial charge in [0.2, 0.25) is 0 Å². The van der Waals surface area contributed by atoms with Crippen LogP contribution in [0.3, 0.4) is 0 Å². The Bertz CT molecular complexity index is 1050. The normalized spacial score (nSPS) is 16.9. The summed E-state index contributed by atoms with van der Waals surface area (Å²) in [6.07, 6.45) is 3.82. The Morgan fingerprint density at radius 3 is 2.60 bits per heavy atom. The first-order valence-corrected chi connectivity index (χ1v) is 10.8. The number of aliphatic hydroxyl groups excluding tert-OH is 1. The summed E-state index contributed by atoms with van der Waals surface area (Å²) in [6.45, 7) is 3.94. The lowest BCUT2D eigenvalue weighted by atomic mass is 9.95. The van der Waals surface area contributed by atoms with E-state index in [2.05, 4.69) is 48.2 Å². The van der Waals surface area contributed by atoms with Gasteiger partial charge in [0.05, 0.1) is 18.2 Å². The van der Waals surface area contributed by atoms with E-state index in [1.807, 2.05) is 30.3 Å². The van der Waals surface area contributed by atoms with Crippen molar-refractivity contribution >= 4 is 22.4 Å². The molecule has 156 valence electrons. The van der Waals surface area contributed by atoms with Gasteiger partial charge in [0, 0.05) is 24.5 Å². The molecular formula is C26H28ClNO2. The molecule has 0 saturated carbocycles. The van der Waals surface area contributed by atoms with E-state index in [0.29, 0.717) is 10.8 Å². The predicted molar refractivity (Wildman–Crippen MR) is 124 cm³/mol. The van der Waals surface area contributed by atoms with Crippen molar-refractivity contribution in [1.29, 1.82) is 0 Å². The third-order valence-electron chi connectivity index (χ3n) is 6.15. The minimum absolute atomic E-state index is 0.0331. The molecular weight excluding hydrogens is 394 g/mol. The number of hydrogen-bond acceptors (Lipinski definition) is 3. The lowest BCUT2D eigenvalue weighted by Gasteiger charge is -2.34. The highest BCUT2D eigenvalue weighted by molar-refractivity contribution is 6.37. The Morgan fingerprint density at radius 1 is 1.10 bits per heavy atom. The van der Waals surface area contributed by atoms with Crippen LogP contribution in [0.1, 0.15) is 30.6 Å². The SMILES string of the molecule is COc1ccc2cc([C@@H](O)[C@H](C)N3CC=C(Cc4ccccc4)CC3)ccc2c1Cl. The third kappa shape index (κ3) is 4.39. The number of hydrogen-bond donors (Lipinski definition) is 1. The van der Waals surface area contributed by atoms with E-state index in [0.717, 1.165) is 42.3 Å². The van der Waals surface area contributed by atoms with Crippen molar-refractivity contribution in [2.45, 2.75) is 31.9 Å². The van der Waals surface area contributed by atoms with Crippen LogP contribution in [0, 0.1) is 0 Å². The van der Waals surface area contributed by atoms with Gasteiger partial charge in [-0.15, -0.1) is 0 Å². The van der Waals surface area contributed by atoms with Crippen LogP contribution in [-0.2, 0) is 6.42 Å². The fourth-order valence-corrected chi connectivity index (χ4v) is 4.54. The van der Waals surface area contributed by atoms with Gasteiger partial charge in [-0.1, -0.05) is 71.8 Å². The van der Waals surface area contributed by atoms with E-state index in [-0.39, 0.29) is 6.04 Å². The first-order valence-electron chi connectivity index (χ1n) is 10.5. The molecule has 0 amide bonds. The first-order chi connectivity index (χ1) is 14.6. The average Bonchev–Trinajstić information content (AvgIpc) is 2.79. The second-order valence-electron chi connectivity index (χ2n) is 8.02. The summed E-state index contributed by atoms with van der Waals surface area (Å²) in [4.78, 5) is 2.35. The number of aliphatic hydroxyl groups is 1. The molecule has 30 heavy (non-hydrogen) atoms. The van der Waals surface area contributed by atoms with Crippen LogP contribution >= 0.6 is 11.6 Å². The van der Waals surface area contributed by atoms with Gasteiger partial charge >= 0.3 is 0 Å². The van der Waals surface area contributed by atoms with Crippen LogP contribution in [0.15, 0.2) is 72.3 Å². The number of nitrogens with zero attached hydrogens (tertiary/aromatic N) is 1. The van der Waals surface area contributed by atoms with E-state index in [4.69, 9.17) is 16.3 Å². The van der Waals surface area contributed by atoms with Crippen molar-refractivity contribution in [3.63, 3.8) is 0 Å². The molecule has 2 atom stereocenters. The molecule has 0 spiro atoms. The van der Waals surface area contributed by atoms with Gasteiger partial charge in [0.15, 0.2) is 0 Å². The van der Waals surface area contributed by atoms with Gasteiger partial charge in [-0.3, -0.25) is 4.90 Å². The van der Waals surface area contributed by atoms with E-state index < -0.39 is 6.10 Å². The minimum atomic E-state index is -0.556.